The Hall–Kier alpha value is -2.58. The molecule has 0 amide bonds. The third-order valence-electron chi connectivity index (χ3n) is 7.31. The van der Waals surface area contributed by atoms with Gasteiger partial charge in [0.25, 0.3) is 0 Å². The van der Waals surface area contributed by atoms with Crippen LogP contribution in [0.3, 0.4) is 0 Å². The lowest BCUT2D eigenvalue weighted by atomic mass is 9.54. The molecule has 0 radical (unpaired) electrons. The first-order chi connectivity index (χ1) is 14.7. The Labute approximate surface area is 181 Å². The van der Waals surface area contributed by atoms with Gasteiger partial charge in [-0.25, -0.2) is 0 Å². The highest BCUT2D eigenvalue weighted by Gasteiger charge is 2.69. The summed E-state index contributed by atoms with van der Waals surface area (Å²) in [4.78, 5) is 25.3. The smallest absolute Gasteiger partial charge is 0.311 e. The number of nitrogens with zero attached hydrogens (tertiary/aromatic N) is 1. The summed E-state index contributed by atoms with van der Waals surface area (Å²) in [6, 6.07) is 3.63. The Morgan fingerprint density at radius 3 is 2.74 bits per heavy atom. The van der Waals surface area contributed by atoms with E-state index in [0.29, 0.717) is 23.7 Å². The molecule has 1 saturated heterocycles. The number of ether oxygens (including phenoxy) is 3. The second-order valence-corrected chi connectivity index (χ2v) is 8.77. The number of hydrogen-bond acceptors (Lipinski definition) is 7. The van der Waals surface area contributed by atoms with Crippen LogP contribution in [0.15, 0.2) is 24.0 Å². The van der Waals surface area contributed by atoms with Crippen LogP contribution in [0.1, 0.15) is 43.7 Å². The minimum atomic E-state index is -1.15. The van der Waals surface area contributed by atoms with E-state index in [1.807, 2.05) is 33.0 Å². The molecule has 1 aromatic rings. The van der Waals surface area contributed by atoms with E-state index in [2.05, 4.69) is 4.90 Å². The molecule has 8 nitrogen and oxygen atoms in total. The number of carboxylic acid groups (broad SMARTS) is 1. The van der Waals surface area contributed by atoms with E-state index in [4.69, 9.17) is 19.3 Å². The van der Waals surface area contributed by atoms with Crippen LogP contribution in [-0.2, 0) is 19.7 Å². The van der Waals surface area contributed by atoms with Crippen molar-refractivity contribution in [2.75, 3.05) is 20.7 Å². The fourth-order valence-electron chi connectivity index (χ4n) is 5.55. The van der Waals surface area contributed by atoms with Gasteiger partial charge in [0.2, 0.25) is 0 Å². The minimum Gasteiger partial charge on any atom is -0.493 e. The van der Waals surface area contributed by atoms with Crippen molar-refractivity contribution in [2.24, 2.45) is 0 Å². The maximum absolute atomic E-state index is 12.3. The SMILES string of the molecule is COc1ccc(C)c2c1O[C@H]1C(OC(=O)CCC(=O)O)=CC[C@@]3(O)[C@@H](C)N(C)CC[C@]213. The van der Waals surface area contributed by atoms with Crippen molar-refractivity contribution < 1.29 is 34.0 Å². The average molecular weight is 431 g/mol. The standard InChI is InChI=1S/C23H29NO7/c1-13-5-6-15(29-4)20-19(13)22-11-12-24(3)14(2)23(22,28)10-9-16(21(22)31-20)30-18(27)8-7-17(25)26/h5-6,9,14,21,28H,7-8,10-12H2,1-4H3,(H,25,26)/t14-,21+,22+,23-/m1/s1. The zero-order chi connectivity index (χ0) is 22.6. The molecule has 4 rings (SSSR count). The first kappa shape index (κ1) is 21.6. The first-order valence-electron chi connectivity index (χ1n) is 10.6. The summed E-state index contributed by atoms with van der Waals surface area (Å²) in [5, 5.41) is 21.0. The monoisotopic (exact) mass is 431 g/mol. The van der Waals surface area contributed by atoms with Crippen molar-refractivity contribution in [3.8, 4) is 11.5 Å². The second kappa shape index (κ2) is 7.53. The van der Waals surface area contributed by atoms with Crippen molar-refractivity contribution in [2.45, 2.75) is 62.7 Å². The van der Waals surface area contributed by atoms with Gasteiger partial charge in [0.05, 0.1) is 31.0 Å². The number of carbonyl (C=O) groups is 2. The molecule has 2 N–H and O–H groups in total. The number of rotatable bonds is 5. The van der Waals surface area contributed by atoms with Gasteiger partial charge in [-0.1, -0.05) is 6.07 Å². The van der Waals surface area contributed by atoms with Crippen LogP contribution in [0.2, 0.25) is 0 Å². The highest BCUT2D eigenvalue weighted by atomic mass is 16.6. The van der Waals surface area contributed by atoms with Gasteiger partial charge in [0.1, 0.15) is 5.76 Å². The molecule has 2 aliphatic heterocycles. The fourth-order valence-corrected chi connectivity index (χ4v) is 5.55. The third kappa shape index (κ3) is 3.03. The highest BCUT2D eigenvalue weighted by Crippen LogP contribution is 2.62. The number of esters is 1. The van der Waals surface area contributed by atoms with Crippen LogP contribution in [0.25, 0.3) is 0 Å². The van der Waals surface area contributed by atoms with Crippen LogP contribution in [0.5, 0.6) is 11.5 Å². The van der Waals surface area contributed by atoms with Gasteiger partial charge in [-0.15, -0.1) is 0 Å². The molecule has 4 atom stereocenters. The number of likely N-dealkylation sites (N-methyl/N-ethyl adjacent to an activating group) is 1. The van der Waals surface area contributed by atoms with Crippen LogP contribution in [0.4, 0.5) is 0 Å². The van der Waals surface area contributed by atoms with Gasteiger partial charge in [-0.2, -0.15) is 0 Å². The molecule has 0 aromatic heterocycles. The van der Waals surface area contributed by atoms with E-state index in [9.17, 15) is 14.7 Å². The number of methoxy groups -OCH3 is 1. The van der Waals surface area contributed by atoms with Crippen LogP contribution in [0, 0.1) is 6.92 Å². The summed E-state index contributed by atoms with van der Waals surface area (Å²) in [6.45, 7) is 4.72. The predicted molar refractivity (Wildman–Crippen MR) is 111 cm³/mol. The Bertz CT molecular complexity index is 957. The lowest BCUT2D eigenvalue weighted by molar-refractivity contribution is -0.162. The number of carbonyl (C=O) groups excluding carboxylic acids is 1. The van der Waals surface area contributed by atoms with E-state index in [0.717, 1.165) is 17.7 Å². The maximum Gasteiger partial charge on any atom is 0.311 e. The number of carboxylic acids is 1. The Balaban J connectivity index is 1.82. The molecule has 1 aliphatic carbocycles. The highest BCUT2D eigenvalue weighted by molar-refractivity contribution is 5.77. The molecule has 3 aliphatic rings. The fraction of sp³-hybridized carbons (Fsp3) is 0.565. The summed E-state index contributed by atoms with van der Waals surface area (Å²) < 4.78 is 17.6. The minimum absolute atomic E-state index is 0.163. The molecule has 31 heavy (non-hydrogen) atoms. The van der Waals surface area contributed by atoms with Gasteiger partial charge >= 0.3 is 11.9 Å². The molecule has 0 unspecified atom stereocenters. The number of fused-ring (bicyclic) bond motifs is 1. The summed E-state index contributed by atoms with van der Waals surface area (Å²) >= 11 is 0. The quantitative estimate of drug-likeness (QED) is 0.684. The normalized spacial score (nSPS) is 31.6. The molecular weight excluding hydrogens is 402 g/mol. The van der Waals surface area contributed by atoms with Crippen molar-refractivity contribution in [1.29, 1.82) is 0 Å². The van der Waals surface area contributed by atoms with Crippen molar-refractivity contribution >= 4 is 11.9 Å². The lowest BCUT2D eigenvalue weighted by Gasteiger charge is -2.58. The molecule has 2 heterocycles. The maximum atomic E-state index is 12.3. The van der Waals surface area contributed by atoms with Crippen molar-refractivity contribution in [3.05, 3.63) is 35.1 Å². The molecule has 1 aromatic carbocycles. The largest absolute Gasteiger partial charge is 0.493 e. The number of aliphatic hydroxyl groups is 1. The number of aliphatic carboxylic acids is 1. The van der Waals surface area contributed by atoms with Crippen molar-refractivity contribution in [1.82, 2.24) is 4.90 Å². The number of aryl methyl sites for hydroxylation is 1. The summed E-state index contributed by atoms with van der Waals surface area (Å²) in [5.74, 6) is -0.228. The topological polar surface area (TPSA) is 106 Å². The van der Waals surface area contributed by atoms with Gasteiger partial charge in [-0.05, 0) is 51.6 Å². The van der Waals surface area contributed by atoms with Gasteiger partial charge in [0.15, 0.2) is 17.6 Å². The Kier molecular flexibility index (Phi) is 5.26. The summed E-state index contributed by atoms with van der Waals surface area (Å²) in [7, 11) is 3.56. The lowest BCUT2D eigenvalue weighted by Crippen LogP contribution is -2.71. The first-order valence-corrected chi connectivity index (χ1v) is 10.6. The van der Waals surface area contributed by atoms with E-state index < -0.39 is 29.1 Å². The molecule has 8 heteroatoms. The second-order valence-electron chi connectivity index (χ2n) is 8.77. The average Bonchev–Trinajstić information content (AvgIpc) is 3.09. The summed E-state index contributed by atoms with van der Waals surface area (Å²) in [5.41, 5.74) is -0.0907. The van der Waals surface area contributed by atoms with E-state index in [1.165, 1.54) is 0 Å². The van der Waals surface area contributed by atoms with Crippen LogP contribution in [-0.4, -0.2) is 65.5 Å². The Morgan fingerprint density at radius 1 is 1.32 bits per heavy atom. The number of likely N-dealkylation sites (tertiary alicyclic amines) is 1. The molecule has 0 bridgehead atoms. The number of piperidine rings is 1. The van der Waals surface area contributed by atoms with Gasteiger partial charge in [-0.3, -0.25) is 9.59 Å². The summed E-state index contributed by atoms with van der Waals surface area (Å²) in [6.07, 6.45) is 1.37. The van der Waals surface area contributed by atoms with E-state index in [-0.39, 0.29) is 25.3 Å². The Morgan fingerprint density at radius 2 is 2.06 bits per heavy atom. The van der Waals surface area contributed by atoms with E-state index in [1.54, 1.807) is 13.2 Å². The molecule has 1 fully saturated rings. The van der Waals surface area contributed by atoms with E-state index >= 15 is 0 Å². The molecule has 0 saturated carbocycles. The third-order valence-corrected chi connectivity index (χ3v) is 7.31. The molecule has 168 valence electrons. The van der Waals surface area contributed by atoms with Crippen molar-refractivity contribution in [3.63, 3.8) is 0 Å². The number of benzene rings is 1. The zero-order valence-corrected chi connectivity index (χ0v) is 18.3. The zero-order valence-electron chi connectivity index (χ0n) is 18.3. The van der Waals surface area contributed by atoms with Gasteiger partial charge < -0.3 is 29.3 Å². The van der Waals surface area contributed by atoms with Crippen LogP contribution >= 0.6 is 0 Å². The number of hydrogen-bond donors (Lipinski definition) is 2. The predicted octanol–water partition coefficient (Wildman–Crippen LogP) is 2.15. The van der Waals surface area contributed by atoms with Gasteiger partial charge in [0, 0.05) is 18.0 Å². The van der Waals surface area contributed by atoms with Crippen LogP contribution < -0.4 is 9.47 Å². The molecular formula is C23H29NO7. The molecule has 1 spiro atoms.